The van der Waals surface area contributed by atoms with Crippen molar-refractivity contribution >= 4 is 34.9 Å². The van der Waals surface area contributed by atoms with Crippen LogP contribution in [0.3, 0.4) is 0 Å². The van der Waals surface area contributed by atoms with Crippen molar-refractivity contribution in [2.24, 2.45) is 0 Å². The van der Waals surface area contributed by atoms with E-state index in [0.717, 1.165) is 22.5 Å². The molecule has 0 atom stereocenters. The van der Waals surface area contributed by atoms with E-state index < -0.39 is 0 Å². The number of nitriles is 1. The van der Waals surface area contributed by atoms with Gasteiger partial charge in [0.2, 0.25) is 0 Å². The molecule has 0 aliphatic heterocycles. The average molecular weight is 498 g/mol. The van der Waals surface area contributed by atoms with Gasteiger partial charge in [-0.25, -0.2) is 4.68 Å². The molecule has 1 aromatic heterocycles. The van der Waals surface area contributed by atoms with E-state index in [0.29, 0.717) is 27.1 Å². The zero-order valence-corrected chi connectivity index (χ0v) is 20.8. The molecule has 0 spiro atoms. The van der Waals surface area contributed by atoms with Crippen LogP contribution < -0.4 is 0 Å². The molecule has 174 valence electrons. The third kappa shape index (κ3) is 5.20. The van der Waals surface area contributed by atoms with Gasteiger partial charge in [-0.3, -0.25) is 0 Å². The van der Waals surface area contributed by atoms with Gasteiger partial charge in [-0.2, -0.15) is 10.4 Å². The second-order valence-corrected chi connectivity index (χ2v) is 9.81. The Morgan fingerprint density at radius 3 is 2.37 bits per heavy atom. The Bertz CT molecular complexity index is 1390. The van der Waals surface area contributed by atoms with Crippen LogP contribution >= 0.6 is 23.2 Å². The molecule has 35 heavy (non-hydrogen) atoms. The second kappa shape index (κ2) is 10.5. The van der Waals surface area contributed by atoms with Gasteiger partial charge in [-0.1, -0.05) is 91.0 Å². The van der Waals surface area contributed by atoms with Crippen LogP contribution in [-0.4, -0.2) is 9.78 Å². The highest BCUT2D eigenvalue weighted by atomic mass is 35.5. The number of nitrogens with zero attached hydrogens (tertiary/aromatic N) is 3. The van der Waals surface area contributed by atoms with Crippen LogP contribution in [0.25, 0.3) is 28.6 Å². The van der Waals surface area contributed by atoms with E-state index in [1.165, 1.54) is 37.7 Å². The fraction of sp³-hybridized carbons (Fsp3) is 0.200. The van der Waals surface area contributed by atoms with E-state index >= 15 is 0 Å². The van der Waals surface area contributed by atoms with Crippen molar-refractivity contribution < 1.29 is 0 Å². The SMILES string of the molecule is N#CC(=Cc1cn(-c2ccccc2)nc1-c1ccc(C2CCCCC2)cc1)c1ccc(Cl)cc1Cl. The highest BCUT2D eigenvalue weighted by molar-refractivity contribution is 6.36. The van der Waals surface area contributed by atoms with Gasteiger partial charge in [0.15, 0.2) is 0 Å². The molecule has 1 heterocycles. The Hall–Kier alpha value is -3.32. The number of hydrogen-bond donors (Lipinski definition) is 0. The van der Waals surface area contributed by atoms with Crippen LogP contribution in [0.5, 0.6) is 0 Å². The van der Waals surface area contributed by atoms with Crippen molar-refractivity contribution in [3.8, 4) is 23.0 Å². The number of allylic oxidation sites excluding steroid dienone is 1. The lowest BCUT2D eigenvalue weighted by Crippen LogP contribution is -2.04. The van der Waals surface area contributed by atoms with Crippen LogP contribution in [0.4, 0.5) is 0 Å². The van der Waals surface area contributed by atoms with Crippen molar-refractivity contribution in [3.63, 3.8) is 0 Å². The molecule has 1 aliphatic rings. The lowest BCUT2D eigenvalue weighted by molar-refractivity contribution is 0.443. The highest BCUT2D eigenvalue weighted by Crippen LogP contribution is 2.35. The van der Waals surface area contributed by atoms with Crippen LogP contribution in [-0.2, 0) is 0 Å². The first-order chi connectivity index (χ1) is 17.1. The molecule has 3 nitrogen and oxygen atoms in total. The van der Waals surface area contributed by atoms with Gasteiger partial charge in [-0.05, 0) is 54.7 Å². The smallest absolute Gasteiger partial charge is 0.1000 e. The van der Waals surface area contributed by atoms with Crippen molar-refractivity contribution in [2.75, 3.05) is 0 Å². The lowest BCUT2D eigenvalue weighted by Gasteiger charge is -2.22. The summed E-state index contributed by atoms with van der Waals surface area (Å²) in [6.45, 7) is 0. The molecule has 0 N–H and O–H groups in total. The third-order valence-electron chi connectivity index (χ3n) is 6.67. The maximum atomic E-state index is 9.96. The Labute approximate surface area is 216 Å². The molecule has 0 bridgehead atoms. The van der Waals surface area contributed by atoms with Gasteiger partial charge in [-0.15, -0.1) is 0 Å². The second-order valence-electron chi connectivity index (χ2n) is 8.96. The minimum Gasteiger partial charge on any atom is -0.240 e. The van der Waals surface area contributed by atoms with Crippen molar-refractivity contribution in [3.05, 3.63) is 106 Å². The molecule has 1 fully saturated rings. The van der Waals surface area contributed by atoms with Crippen molar-refractivity contribution in [1.29, 1.82) is 5.26 Å². The summed E-state index contributed by atoms with van der Waals surface area (Å²) in [6.07, 6.45) is 10.3. The van der Waals surface area contributed by atoms with Gasteiger partial charge in [0.1, 0.15) is 0 Å². The summed E-state index contributed by atoms with van der Waals surface area (Å²) in [6, 6.07) is 26.2. The monoisotopic (exact) mass is 497 g/mol. The highest BCUT2D eigenvalue weighted by Gasteiger charge is 2.17. The van der Waals surface area contributed by atoms with Crippen molar-refractivity contribution in [2.45, 2.75) is 38.0 Å². The normalized spacial score (nSPS) is 14.6. The van der Waals surface area contributed by atoms with E-state index in [9.17, 15) is 5.26 Å². The summed E-state index contributed by atoms with van der Waals surface area (Å²) in [5, 5.41) is 15.9. The standard InChI is InChI=1S/C30H25Cl2N3/c31-26-15-16-28(29(32)18-26)24(19-33)17-25-20-35(27-9-5-2-6-10-27)34-30(25)23-13-11-22(12-14-23)21-7-3-1-4-8-21/h2,5-6,9-18,20-21H,1,3-4,7-8H2. The van der Waals surface area contributed by atoms with Crippen LogP contribution in [0.1, 0.15) is 54.7 Å². The molecular weight excluding hydrogens is 473 g/mol. The number of benzene rings is 3. The lowest BCUT2D eigenvalue weighted by atomic mass is 9.84. The summed E-state index contributed by atoms with van der Waals surface area (Å²) < 4.78 is 1.86. The number of hydrogen-bond acceptors (Lipinski definition) is 2. The van der Waals surface area contributed by atoms with E-state index in [2.05, 4.69) is 30.3 Å². The summed E-state index contributed by atoms with van der Waals surface area (Å²) in [5.74, 6) is 0.649. The minimum absolute atomic E-state index is 0.444. The zero-order valence-electron chi connectivity index (χ0n) is 19.3. The summed E-state index contributed by atoms with van der Waals surface area (Å²) in [7, 11) is 0. The Kier molecular flexibility index (Phi) is 7.04. The number of aromatic nitrogens is 2. The first-order valence-electron chi connectivity index (χ1n) is 11.9. The molecule has 1 saturated carbocycles. The van der Waals surface area contributed by atoms with Gasteiger partial charge in [0.05, 0.1) is 28.0 Å². The number of rotatable bonds is 5. The Balaban J connectivity index is 1.58. The van der Waals surface area contributed by atoms with Gasteiger partial charge in [0.25, 0.3) is 0 Å². The molecule has 1 aliphatic carbocycles. The fourth-order valence-corrected chi connectivity index (χ4v) is 5.32. The average Bonchev–Trinajstić information content (AvgIpc) is 3.33. The summed E-state index contributed by atoms with van der Waals surface area (Å²) >= 11 is 12.5. The summed E-state index contributed by atoms with van der Waals surface area (Å²) in [4.78, 5) is 0. The molecule has 0 amide bonds. The summed E-state index contributed by atoms with van der Waals surface area (Å²) in [5.41, 5.74) is 6.15. The molecule has 5 rings (SSSR count). The van der Waals surface area contributed by atoms with Gasteiger partial charge >= 0.3 is 0 Å². The quantitative estimate of drug-likeness (QED) is 0.258. The fourth-order valence-electron chi connectivity index (χ4n) is 4.81. The Morgan fingerprint density at radius 2 is 1.69 bits per heavy atom. The molecule has 3 aromatic carbocycles. The van der Waals surface area contributed by atoms with E-state index in [-0.39, 0.29) is 0 Å². The van der Waals surface area contributed by atoms with Gasteiger partial charge in [0, 0.05) is 27.9 Å². The van der Waals surface area contributed by atoms with Crippen LogP contribution in [0.15, 0.2) is 79.0 Å². The topological polar surface area (TPSA) is 41.6 Å². The predicted molar refractivity (Wildman–Crippen MR) is 145 cm³/mol. The first kappa shape index (κ1) is 23.4. The molecular formula is C30H25Cl2N3. The Morgan fingerprint density at radius 1 is 0.943 bits per heavy atom. The molecule has 0 unspecified atom stereocenters. The van der Waals surface area contributed by atoms with E-state index in [1.54, 1.807) is 18.2 Å². The van der Waals surface area contributed by atoms with E-state index in [1.807, 2.05) is 47.3 Å². The van der Waals surface area contributed by atoms with Crippen LogP contribution in [0.2, 0.25) is 10.0 Å². The van der Waals surface area contributed by atoms with Gasteiger partial charge < -0.3 is 0 Å². The first-order valence-corrected chi connectivity index (χ1v) is 12.7. The molecule has 5 heteroatoms. The largest absolute Gasteiger partial charge is 0.240 e. The van der Waals surface area contributed by atoms with Crippen LogP contribution in [0, 0.1) is 11.3 Å². The van der Waals surface area contributed by atoms with E-state index in [4.69, 9.17) is 28.3 Å². The molecule has 0 radical (unpaired) electrons. The number of para-hydroxylation sites is 1. The minimum atomic E-state index is 0.444. The zero-order chi connectivity index (χ0) is 24.2. The molecule has 4 aromatic rings. The maximum absolute atomic E-state index is 9.96. The number of halogens is 2. The third-order valence-corrected chi connectivity index (χ3v) is 7.21. The van der Waals surface area contributed by atoms with Crippen molar-refractivity contribution in [1.82, 2.24) is 9.78 Å². The maximum Gasteiger partial charge on any atom is 0.1000 e. The predicted octanol–water partition coefficient (Wildman–Crippen LogP) is 8.96. The molecule has 0 saturated heterocycles.